The number of benzene rings is 1. The number of nitrogens with zero attached hydrogens (tertiary/aromatic N) is 2. The van der Waals surface area contributed by atoms with Gasteiger partial charge >= 0.3 is 0 Å². The van der Waals surface area contributed by atoms with Crippen LogP contribution in [0.1, 0.15) is 17.3 Å². The van der Waals surface area contributed by atoms with Crippen molar-refractivity contribution in [3.05, 3.63) is 54.1 Å². The zero-order valence-electron chi connectivity index (χ0n) is 8.80. The molecule has 1 atom stereocenters. The molecule has 0 saturated heterocycles. The molecule has 0 aliphatic heterocycles. The molecule has 0 saturated carbocycles. The van der Waals surface area contributed by atoms with Crippen LogP contribution in [0.5, 0.6) is 0 Å². The number of nitrogens with two attached hydrogens (primary N) is 1. The van der Waals surface area contributed by atoms with Gasteiger partial charge in [-0.05, 0) is 12.0 Å². The molecule has 0 unspecified atom stereocenters. The summed E-state index contributed by atoms with van der Waals surface area (Å²) in [6.07, 6.45) is 4.45. The SMILES string of the molecule is Cn1cncc1[C@H](N)Cc1ccccc1. The van der Waals surface area contributed by atoms with Gasteiger partial charge in [0.2, 0.25) is 0 Å². The average molecular weight is 201 g/mol. The van der Waals surface area contributed by atoms with Gasteiger partial charge < -0.3 is 10.3 Å². The molecule has 2 rings (SSSR count). The molecule has 0 amide bonds. The van der Waals surface area contributed by atoms with Crippen molar-refractivity contribution in [2.24, 2.45) is 12.8 Å². The zero-order valence-corrected chi connectivity index (χ0v) is 8.80. The fraction of sp³-hybridized carbons (Fsp3) is 0.250. The monoisotopic (exact) mass is 201 g/mol. The van der Waals surface area contributed by atoms with Crippen LogP contribution in [0.15, 0.2) is 42.9 Å². The summed E-state index contributed by atoms with van der Waals surface area (Å²) in [5.41, 5.74) is 8.44. The maximum atomic E-state index is 6.11. The van der Waals surface area contributed by atoms with Gasteiger partial charge in [-0.25, -0.2) is 4.98 Å². The summed E-state index contributed by atoms with van der Waals surface area (Å²) in [5, 5.41) is 0. The first-order valence-electron chi connectivity index (χ1n) is 5.03. The second-order valence-corrected chi connectivity index (χ2v) is 3.73. The van der Waals surface area contributed by atoms with Crippen LogP contribution in [0.3, 0.4) is 0 Å². The average Bonchev–Trinajstić information content (AvgIpc) is 2.66. The Morgan fingerprint density at radius 2 is 2.07 bits per heavy atom. The maximum absolute atomic E-state index is 6.11. The molecule has 0 bridgehead atoms. The van der Waals surface area contributed by atoms with Crippen molar-refractivity contribution in [3.8, 4) is 0 Å². The number of imidazole rings is 1. The Kier molecular flexibility index (Phi) is 2.83. The number of hydrogen-bond acceptors (Lipinski definition) is 2. The third-order valence-electron chi connectivity index (χ3n) is 2.53. The number of aryl methyl sites for hydroxylation is 1. The van der Waals surface area contributed by atoms with E-state index in [1.807, 2.05) is 36.0 Å². The van der Waals surface area contributed by atoms with Gasteiger partial charge in [0, 0.05) is 13.2 Å². The van der Waals surface area contributed by atoms with Gasteiger partial charge in [0.1, 0.15) is 0 Å². The molecule has 3 nitrogen and oxygen atoms in total. The van der Waals surface area contributed by atoms with E-state index in [9.17, 15) is 0 Å². The molecule has 0 radical (unpaired) electrons. The lowest BCUT2D eigenvalue weighted by Gasteiger charge is -2.11. The van der Waals surface area contributed by atoms with Gasteiger partial charge in [0.05, 0.1) is 18.1 Å². The summed E-state index contributed by atoms with van der Waals surface area (Å²) in [6.45, 7) is 0. The first-order chi connectivity index (χ1) is 7.27. The van der Waals surface area contributed by atoms with Crippen molar-refractivity contribution in [1.29, 1.82) is 0 Å². The normalized spacial score (nSPS) is 12.7. The Labute approximate surface area is 89.6 Å². The lowest BCUT2D eigenvalue weighted by atomic mass is 10.0. The van der Waals surface area contributed by atoms with Crippen LogP contribution in [0, 0.1) is 0 Å². The molecule has 1 aromatic heterocycles. The van der Waals surface area contributed by atoms with Crippen molar-refractivity contribution < 1.29 is 0 Å². The molecule has 1 aromatic carbocycles. The molecule has 0 fully saturated rings. The number of hydrogen-bond donors (Lipinski definition) is 1. The minimum Gasteiger partial charge on any atom is -0.336 e. The van der Waals surface area contributed by atoms with E-state index in [1.165, 1.54) is 5.56 Å². The predicted molar refractivity (Wildman–Crippen MR) is 60.3 cm³/mol. The minimum atomic E-state index is 0.0138. The summed E-state index contributed by atoms with van der Waals surface area (Å²) < 4.78 is 1.97. The van der Waals surface area contributed by atoms with E-state index in [-0.39, 0.29) is 6.04 Å². The highest BCUT2D eigenvalue weighted by molar-refractivity contribution is 5.18. The molecule has 0 aliphatic rings. The second-order valence-electron chi connectivity index (χ2n) is 3.73. The van der Waals surface area contributed by atoms with Crippen molar-refractivity contribution >= 4 is 0 Å². The van der Waals surface area contributed by atoms with Crippen LogP contribution < -0.4 is 5.73 Å². The molecule has 15 heavy (non-hydrogen) atoms. The summed E-state index contributed by atoms with van der Waals surface area (Å²) in [7, 11) is 1.97. The highest BCUT2D eigenvalue weighted by atomic mass is 15.0. The highest BCUT2D eigenvalue weighted by Crippen LogP contribution is 2.14. The molecular weight excluding hydrogens is 186 g/mol. The van der Waals surface area contributed by atoms with E-state index < -0.39 is 0 Å². The first-order valence-corrected chi connectivity index (χ1v) is 5.03. The van der Waals surface area contributed by atoms with Crippen LogP contribution in [0.4, 0.5) is 0 Å². The van der Waals surface area contributed by atoms with Gasteiger partial charge in [-0.15, -0.1) is 0 Å². The highest BCUT2D eigenvalue weighted by Gasteiger charge is 2.09. The quantitative estimate of drug-likeness (QED) is 0.820. The molecule has 78 valence electrons. The molecule has 0 spiro atoms. The van der Waals surface area contributed by atoms with Crippen LogP contribution in [-0.4, -0.2) is 9.55 Å². The fourth-order valence-electron chi connectivity index (χ4n) is 1.70. The Bertz CT molecular complexity index is 419. The van der Waals surface area contributed by atoms with Gasteiger partial charge in [-0.2, -0.15) is 0 Å². The summed E-state index contributed by atoms with van der Waals surface area (Å²) in [5.74, 6) is 0. The van der Waals surface area contributed by atoms with E-state index in [1.54, 1.807) is 6.33 Å². The lowest BCUT2D eigenvalue weighted by Crippen LogP contribution is -2.16. The third-order valence-corrected chi connectivity index (χ3v) is 2.53. The molecule has 3 heteroatoms. The number of rotatable bonds is 3. The maximum Gasteiger partial charge on any atom is 0.0946 e. The van der Waals surface area contributed by atoms with Gasteiger partial charge in [-0.3, -0.25) is 0 Å². The van der Waals surface area contributed by atoms with Gasteiger partial charge in [-0.1, -0.05) is 30.3 Å². The molecule has 0 aliphatic carbocycles. The Morgan fingerprint density at radius 3 is 2.67 bits per heavy atom. The van der Waals surface area contributed by atoms with Gasteiger partial charge in [0.15, 0.2) is 0 Å². The van der Waals surface area contributed by atoms with Crippen molar-refractivity contribution in [1.82, 2.24) is 9.55 Å². The van der Waals surface area contributed by atoms with E-state index in [2.05, 4.69) is 17.1 Å². The third kappa shape index (κ3) is 2.25. The van der Waals surface area contributed by atoms with E-state index in [4.69, 9.17) is 5.73 Å². The van der Waals surface area contributed by atoms with E-state index >= 15 is 0 Å². The van der Waals surface area contributed by atoms with Crippen molar-refractivity contribution in [2.75, 3.05) is 0 Å². The minimum absolute atomic E-state index is 0.0138. The lowest BCUT2D eigenvalue weighted by molar-refractivity contribution is 0.656. The smallest absolute Gasteiger partial charge is 0.0946 e. The molecule has 2 aromatic rings. The van der Waals surface area contributed by atoms with Crippen molar-refractivity contribution in [2.45, 2.75) is 12.5 Å². The number of aromatic nitrogens is 2. The largest absolute Gasteiger partial charge is 0.336 e. The van der Waals surface area contributed by atoms with Crippen LogP contribution in [0.25, 0.3) is 0 Å². The Hall–Kier alpha value is -1.61. The van der Waals surface area contributed by atoms with Crippen LogP contribution in [-0.2, 0) is 13.5 Å². The summed E-state index contributed by atoms with van der Waals surface area (Å²) in [6, 6.07) is 10.3. The van der Waals surface area contributed by atoms with Gasteiger partial charge in [0.25, 0.3) is 0 Å². The molecular formula is C12H15N3. The fourth-order valence-corrected chi connectivity index (χ4v) is 1.70. The van der Waals surface area contributed by atoms with E-state index in [0.717, 1.165) is 12.1 Å². The topological polar surface area (TPSA) is 43.8 Å². The molecule has 2 N–H and O–H groups in total. The van der Waals surface area contributed by atoms with E-state index in [0.29, 0.717) is 0 Å². The van der Waals surface area contributed by atoms with Crippen LogP contribution in [0.2, 0.25) is 0 Å². The standard InChI is InChI=1S/C12H15N3/c1-15-9-14-8-12(15)11(13)7-10-5-3-2-4-6-10/h2-6,8-9,11H,7,13H2,1H3/t11-/m1/s1. The molecule has 1 heterocycles. The summed E-state index contributed by atoms with van der Waals surface area (Å²) in [4.78, 5) is 4.07. The Balaban J connectivity index is 2.11. The Morgan fingerprint density at radius 1 is 1.33 bits per heavy atom. The van der Waals surface area contributed by atoms with Crippen molar-refractivity contribution in [3.63, 3.8) is 0 Å². The summed E-state index contributed by atoms with van der Waals surface area (Å²) >= 11 is 0. The predicted octanol–water partition coefficient (Wildman–Crippen LogP) is 1.66. The van der Waals surface area contributed by atoms with Crippen LogP contribution >= 0.6 is 0 Å². The first kappa shape index (κ1) is 9.93. The zero-order chi connectivity index (χ0) is 10.7. The second kappa shape index (κ2) is 4.28.